The molecule has 34 heavy (non-hydrogen) atoms. The predicted octanol–water partition coefficient (Wildman–Crippen LogP) is 3.46. The molecule has 0 unspecified atom stereocenters. The highest BCUT2D eigenvalue weighted by Gasteiger charge is 2.72. The molecule has 3 fully saturated rings. The number of hydrogen-bond donors (Lipinski definition) is 1. The van der Waals surface area contributed by atoms with Gasteiger partial charge in [0.2, 0.25) is 0 Å². The fourth-order valence-electron chi connectivity index (χ4n) is 7.07. The summed E-state index contributed by atoms with van der Waals surface area (Å²) < 4.78 is 29.5. The van der Waals surface area contributed by atoms with E-state index in [4.69, 9.17) is 23.7 Å². The number of aryl methyl sites for hydroxylation is 2. The third kappa shape index (κ3) is 2.98. The molecular formula is C26H36N2O6. The van der Waals surface area contributed by atoms with E-state index >= 15 is 0 Å². The molecule has 0 saturated carbocycles. The highest BCUT2D eigenvalue weighted by molar-refractivity contribution is 5.88. The van der Waals surface area contributed by atoms with Crippen molar-refractivity contribution < 1.29 is 28.5 Å². The van der Waals surface area contributed by atoms with Crippen LogP contribution in [0.5, 0.6) is 5.75 Å². The standard InChI is InChI=1S/C26H36N2O6/c1-7-17-12-28-9-8-25-21-22(15(2)10-16(3)23(21)31-5)27-26(25,34-14-33-25)20(28)11-18(17)19(13-30-4)24(29)32-6/h10,13,17-18,20,27H,7-9,11-12,14H2,1-6H3/b19-13+/t17-,18+,20+,25+,26+/m1/s1. The van der Waals surface area contributed by atoms with E-state index in [1.165, 1.54) is 7.11 Å². The van der Waals surface area contributed by atoms with Crippen LogP contribution < -0.4 is 10.1 Å². The molecule has 4 aliphatic rings. The summed E-state index contributed by atoms with van der Waals surface area (Å²) in [5.41, 5.74) is 3.53. The summed E-state index contributed by atoms with van der Waals surface area (Å²) in [6.07, 6.45) is 4.06. The van der Waals surface area contributed by atoms with E-state index in [9.17, 15) is 4.79 Å². The number of ether oxygens (including phenoxy) is 5. The van der Waals surface area contributed by atoms with Gasteiger partial charge in [0.1, 0.15) is 5.75 Å². The molecule has 5 atom stereocenters. The number of nitrogens with one attached hydrogen (secondary N) is 1. The van der Waals surface area contributed by atoms with Gasteiger partial charge in [0.15, 0.2) is 18.1 Å². The Morgan fingerprint density at radius 2 is 2.06 bits per heavy atom. The summed E-state index contributed by atoms with van der Waals surface area (Å²) in [4.78, 5) is 15.3. The first-order valence-corrected chi connectivity index (χ1v) is 12.2. The van der Waals surface area contributed by atoms with Crippen LogP contribution >= 0.6 is 0 Å². The van der Waals surface area contributed by atoms with Crippen molar-refractivity contribution in [2.75, 3.05) is 46.5 Å². The van der Waals surface area contributed by atoms with Crippen LogP contribution in [0.2, 0.25) is 0 Å². The molecule has 1 N–H and O–H groups in total. The van der Waals surface area contributed by atoms with Crippen LogP contribution in [0.25, 0.3) is 0 Å². The number of methoxy groups -OCH3 is 3. The molecule has 0 bridgehead atoms. The molecule has 8 heteroatoms. The Morgan fingerprint density at radius 1 is 1.26 bits per heavy atom. The lowest BCUT2D eigenvalue weighted by molar-refractivity contribution is -0.150. The highest BCUT2D eigenvalue weighted by atomic mass is 16.7. The van der Waals surface area contributed by atoms with E-state index in [1.54, 1.807) is 20.5 Å². The maximum absolute atomic E-state index is 12.7. The predicted molar refractivity (Wildman–Crippen MR) is 127 cm³/mol. The molecule has 0 aromatic heterocycles. The normalized spacial score (nSPS) is 34.4. The monoisotopic (exact) mass is 472 g/mol. The van der Waals surface area contributed by atoms with Crippen LogP contribution in [0, 0.1) is 25.7 Å². The maximum Gasteiger partial charge on any atom is 0.337 e. The molecule has 1 aromatic rings. The van der Waals surface area contributed by atoms with E-state index in [-0.39, 0.29) is 24.7 Å². The molecule has 4 heterocycles. The van der Waals surface area contributed by atoms with Gasteiger partial charge in [-0.2, -0.15) is 0 Å². The minimum atomic E-state index is -0.759. The SMILES string of the molecule is CC[C@@H]1CN2CC[C@@]34OCO[C@@]3(Nc3c(C)cc(C)c(OC)c34)[C@@H]2C[C@@H]1/C(=C\OC)C(=O)OC. The van der Waals surface area contributed by atoms with Gasteiger partial charge in [-0.25, -0.2) is 4.79 Å². The third-order valence-electron chi connectivity index (χ3n) is 8.54. The number of rotatable bonds is 5. The Balaban J connectivity index is 1.62. The lowest BCUT2D eigenvalue weighted by Crippen LogP contribution is -2.71. The molecule has 0 amide bonds. The zero-order valence-electron chi connectivity index (χ0n) is 21.0. The Bertz CT molecular complexity index is 1030. The number of carbonyl (C=O) groups is 1. The van der Waals surface area contributed by atoms with Gasteiger partial charge < -0.3 is 29.0 Å². The van der Waals surface area contributed by atoms with Gasteiger partial charge in [-0.3, -0.25) is 4.90 Å². The summed E-state index contributed by atoms with van der Waals surface area (Å²) in [5.74, 6) is 0.827. The lowest BCUT2D eigenvalue weighted by atomic mass is 9.67. The summed E-state index contributed by atoms with van der Waals surface area (Å²) >= 11 is 0. The second-order valence-electron chi connectivity index (χ2n) is 9.96. The quantitative estimate of drug-likeness (QED) is 0.397. The Hall–Kier alpha value is -2.29. The average molecular weight is 473 g/mol. The number of fused-ring (bicyclic) bond motifs is 2. The summed E-state index contributed by atoms with van der Waals surface area (Å²) in [7, 11) is 4.72. The molecule has 1 aromatic carbocycles. The number of carbonyl (C=O) groups excluding carboxylic acids is 1. The van der Waals surface area contributed by atoms with Gasteiger partial charge in [0.05, 0.1) is 44.8 Å². The molecule has 186 valence electrons. The molecule has 0 aliphatic carbocycles. The van der Waals surface area contributed by atoms with E-state index in [0.717, 1.165) is 60.5 Å². The van der Waals surface area contributed by atoms with Crippen molar-refractivity contribution in [1.82, 2.24) is 4.90 Å². The van der Waals surface area contributed by atoms with Crippen LogP contribution in [0.15, 0.2) is 17.9 Å². The minimum absolute atomic E-state index is 0.00160. The smallest absolute Gasteiger partial charge is 0.337 e. The molecule has 5 rings (SSSR count). The lowest BCUT2D eigenvalue weighted by Gasteiger charge is -2.56. The van der Waals surface area contributed by atoms with Crippen molar-refractivity contribution in [2.45, 2.75) is 57.4 Å². The Kier molecular flexibility index (Phi) is 5.81. The van der Waals surface area contributed by atoms with Crippen molar-refractivity contribution in [1.29, 1.82) is 0 Å². The van der Waals surface area contributed by atoms with Crippen LogP contribution in [0.3, 0.4) is 0 Å². The van der Waals surface area contributed by atoms with Crippen LogP contribution in [-0.2, 0) is 29.3 Å². The Labute approximate surface area is 201 Å². The van der Waals surface area contributed by atoms with E-state index in [0.29, 0.717) is 11.5 Å². The molecule has 3 saturated heterocycles. The van der Waals surface area contributed by atoms with Crippen LogP contribution in [-0.4, -0.2) is 63.8 Å². The summed E-state index contributed by atoms with van der Waals surface area (Å²) in [6.45, 7) is 8.35. The fraction of sp³-hybridized carbons (Fsp3) is 0.654. The number of piperidine rings is 2. The maximum atomic E-state index is 12.7. The van der Waals surface area contributed by atoms with Crippen molar-refractivity contribution in [3.63, 3.8) is 0 Å². The van der Waals surface area contributed by atoms with Crippen molar-refractivity contribution in [3.8, 4) is 5.75 Å². The molecule has 4 aliphatic heterocycles. The molecule has 0 spiro atoms. The summed E-state index contributed by atoms with van der Waals surface area (Å²) in [5, 5.41) is 3.80. The third-order valence-corrected chi connectivity index (χ3v) is 8.54. The largest absolute Gasteiger partial charge is 0.504 e. The van der Waals surface area contributed by atoms with Gasteiger partial charge in [0, 0.05) is 18.8 Å². The van der Waals surface area contributed by atoms with Gasteiger partial charge in [-0.05, 0) is 49.7 Å². The summed E-state index contributed by atoms with van der Waals surface area (Å²) in [6, 6.07) is 2.15. The highest BCUT2D eigenvalue weighted by Crippen LogP contribution is 2.63. The zero-order valence-corrected chi connectivity index (χ0v) is 21.0. The van der Waals surface area contributed by atoms with Crippen molar-refractivity contribution in [3.05, 3.63) is 34.6 Å². The van der Waals surface area contributed by atoms with Crippen LogP contribution in [0.1, 0.15) is 42.9 Å². The Morgan fingerprint density at radius 3 is 2.74 bits per heavy atom. The van der Waals surface area contributed by atoms with Crippen LogP contribution in [0.4, 0.5) is 5.69 Å². The van der Waals surface area contributed by atoms with Gasteiger partial charge in [0.25, 0.3) is 0 Å². The van der Waals surface area contributed by atoms with Gasteiger partial charge >= 0.3 is 5.97 Å². The van der Waals surface area contributed by atoms with E-state index in [2.05, 4.69) is 37.1 Å². The number of benzene rings is 1. The number of esters is 1. The minimum Gasteiger partial charge on any atom is -0.504 e. The molecule has 8 nitrogen and oxygen atoms in total. The zero-order chi connectivity index (χ0) is 24.3. The number of hydrogen-bond acceptors (Lipinski definition) is 8. The van der Waals surface area contributed by atoms with Crippen molar-refractivity contribution in [2.24, 2.45) is 11.8 Å². The second-order valence-corrected chi connectivity index (χ2v) is 9.96. The first-order valence-electron chi connectivity index (χ1n) is 12.2. The second kappa shape index (κ2) is 8.43. The van der Waals surface area contributed by atoms with Gasteiger partial charge in [-0.15, -0.1) is 0 Å². The van der Waals surface area contributed by atoms with Crippen molar-refractivity contribution >= 4 is 11.7 Å². The van der Waals surface area contributed by atoms with E-state index in [1.807, 2.05) is 0 Å². The first-order chi connectivity index (χ1) is 16.4. The number of nitrogens with zero attached hydrogens (tertiary/aromatic N) is 1. The van der Waals surface area contributed by atoms with E-state index < -0.39 is 11.3 Å². The average Bonchev–Trinajstić information content (AvgIpc) is 3.36. The fourth-order valence-corrected chi connectivity index (χ4v) is 7.07. The topological polar surface area (TPSA) is 78.5 Å². The van der Waals surface area contributed by atoms with Gasteiger partial charge in [-0.1, -0.05) is 19.4 Å². The molecule has 0 radical (unpaired) electrons. The number of anilines is 1. The molecular weight excluding hydrogens is 436 g/mol. The first kappa shape index (κ1) is 23.5.